The molecule has 3 aliphatic carbocycles. The summed E-state index contributed by atoms with van der Waals surface area (Å²) in [7, 11) is 0. The maximum atomic E-state index is 3.75. The molecule has 0 aromatic carbocycles. The van der Waals surface area contributed by atoms with Crippen LogP contribution in [0.3, 0.4) is 0 Å². The van der Waals surface area contributed by atoms with E-state index in [4.69, 9.17) is 0 Å². The fourth-order valence-corrected chi connectivity index (χ4v) is 4.13. The predicted octanol–water partition coefficient (Wildman–Crippen LogP) is 3.79. The van der Waals surface area contributed by atoms with Gasteiger partial charge in [-0.25, -0.2) is 0 Å². The van der Waals surface area contributed by atoms with E-state index in [0.29, 0.717) is 0 Å². The van der Waals surface area contributed by atoms with Crippen LogP contribution in [0, 0.1) is 12.8 Å². The summed E-state index contributed by atoms with van der Waals surface area (Å²) in [5.41, 5.74) is 1.67. The van der Waals surface area contributed by atoms with Gasteiger partial charge in [-0.05, 0) is 69.0 Å². The average molecular weight is 247 g/mol. The predicted molar refractivity (Wildman–Crippen MR) is 72.9 cm³/mol. The molecular weight excluding hydrogens is 226 g/mol. The Morgan fingerprint density at radius 2 is 2.12 bits per heavy atom. The second-order valence-corrected chi connectivity index (χ2v) is 7.52. The van der Waals surface area contributed by atoms with Gasteiger partial charge in [0.2, 0.25) is 0 Å². The molecule has 0 saturated heterocycles. The van der Waals surface area contributed by atoms with Gasteiger partial charge in [-0.1, -0.05) is 0 Å². The number of hydrogen-bond donors (Lipinski definition) is 1. The highest BCUT2D eigenvalue weighted by Gasteiger charge is 2.41. The van der Waals surface area contributed by atoms with Crippen LogP contribution in [-0.2, 0) is 0 Å². The van der Waals surface area contributed by atoms with Crippen LogP contribution in [0.15, 0.2) is 6.07 Å². The van der Waals surface area contributed by atoms with Gasteiger partial charge >= 0.3 is 0 Å². The van der Waals surface area contributed by atoms with E-state index in [1.807, 2.05) is 0 Å². The molecule has 17 heavy (non-hydrogen) atoms. The molecule has 1 heterocycles. The van der Waals surface area contributed by atoms with Gasteiger partial charge in [-0.15, -0.1) is 11.3 Å². The van der Waals surface area contributed by atoms with E-state index in [1.54, 1.807) is 15.3 Å². The number of hydrogen-bond acceptors (Lipinski definition) is 2. The molecular formula is C15H21NS. The van der Waals surface area contributed by atoms with Gasteiger partial charge in [0.15, 0.2) is 0 Å². The molecule has 1 aromatic rings. The lowest BCUT2D eigenvalue weighted by molar-refractivity contribution is 0.625. The minimum atomic E-state index is 0.802. The Labute approximate surface area is 108 Å². The summed E-state index contributed by atoms with van der Waals surface area (Å²) in [6.45, 7) is 3.60. The van der Waals surface area contributed by atoms with Crippen molar-refractivity contribution in [2.24, 2.45) is 5.92 Å². The minimum absolute atomic E-state index is 0.802. The van der Waals surface area contributed by atoms with E-state index in [-0.39, 0.29) is 0 Å². The largest absolute Gasteiger partial charge is 0.313 e. The Kier molecular flexibility index (Phi) is 2.38. The molecule has 0 spiro atoms. The highest BCUT2D eigenvalue weighted by Crippen LogP contribution is 2.49. The fraction of sp³-hybridized carbons (Fsp3) is 0.733. The first-order chi connectivity index (χ1) is 8.31. The van der Waals surface area contributed by atoms with Crippen molar-refractivity contribution >= 4 is 11.3 Å². The van der Waals surface area contributed by atoms with Crippen LogP contribution in [0.1, 0.15) is 59.3 Å². The molecule has 2 atom stereocenters. The van der Waals surface area contributed by atoms with Crippen LogP contribution < -0.4 is 5.32 Å². The van der Waals surface area contributed by atoms with Crippen LogP contribution in [0.2, 0.25) is 0 Å². The number of thiophene rings is 1. The molecule has 1 aromatic heterocycles. The van der Waals surface area contributed by atoms with E-state index in [9.17, 15) is 0 Å². The molecule has 4 rings (SSSR count). The monoisotopic (exact) mass is 247 g/mol. The lowest BCUT2D eigenvalue weighted by atomic mass is 10.1. The molecule has 0 aliphatic heterocycles. The Balaban J connectivity index is 1.40. The summed E-state index contributed by atoms with van der Waals surface area (Å²) in [5.74, 6) is 2.79. The third-order valence-corrected chi connectivity index (χ3v) is 5.74. The highest BCUT2D eigenvalue weighted by atomic mass is 32.1. The zero-order chi connectivity index (χ0) is 11.4. The zero-order valence-corrected chi connectivity index (χ0v) is 11.4. The molecule has 1 nitrogen and oxygen atoms in total. The highest BCUT2D eigenvalue weighted by molar-refractivity contribution is 7.12. The van der Waals surface area contributed by atoms with Gasteiger partial charge < -0.3 is 5.32 Å². The first-order valence-corrected chi connectivity index (χ1v) is 7.96. The summed E-state index contributed by atoms with van der Waals surface area (Å²) in [4.78, 5) is 3.26. The van der Waals surface area contributed by atoms with Crippen molar-refractivity contribution in [2.75, 3.05) is 6.54 Å². The average Bonchev–Trinajstić information content (AvgIpc) is 3.21. The smallest absolute Gasteiger partial charge is 0.0143 e. The third kappa shape index (κ3) is 2.17. The van der Waals surface area contributed by atoms with Crippen molar-refractivity contribution in [3.05, 3.63) is 21.4 Å². The topological polar surface area (TPSA) is 12.0 Å². The SMILES string of the molecule is Cc1sc(C2CC2)cc1C1CC1NCC1CC1. The maximum Gasteiger partial charge on any atom is 0.0143 e. The molecule has 0 bridgehead atoms. The first-order valence-electron chi connectivity index (χ1n) is 7.15. The van der Waals surface area contributed by atoms with Crippen LogP contribution in [0.25, 0.3) is 0 Å². The summed E-state index contributed by atoms with van der Waals surface area (Å²) in [6, 6.07) is 3.33. The van der Waals surface area contributed by atoms with E-state index < -0.39 is 0 Å². The van der Waals surface area contributed by atoms with Crippen LogP contribution in [0.5, 0.6) is 0 Å². The molecule has 0 amide bonds. The van der Waals surface area contributed by atoms with Crippen LogP contribution in [-0.4, -0.2) is 12.6 Å². The Morgan fingerprint density at radius 3 is 2.82 bits per heavy atom. The third-order valence-electron chi connectivity index (χ3n) is 4.51. The molecule has 2 heteroatoms. The van der Waals surface area contributed by atoms with Crippen molar-refractivity contribution in [3.63, 3.8) is 0 Å². The lowest BCUT2D eigenvalue weighted by Gasteiger charge is -2.02. The maximum absolute atomic E-state index is 3.75. The molecule has 2 unspecified atom stereocenters. The normalized spacial score (nSPS) is 31.8. The van der Waals surface area contributed by atoms with Gasteiger partial charge in [0.25, 0.3) is 0 Å². The molecule has 3 saturated carbocycles. The van der Waals surface area contributed by atoms with E-state index in [0.717, 1.165) is 23.8 Å². The summed E-state index contributed by atoms with van der Waals surface area (Å²) in [6.07, 6.45) is 7.19. The fourth-order valence-electron chi connectivity index (χ4n) is 2.86. The molecule has 0 radical (unpaired) electrons. The van der Waals surface area contributed by atoms with Gasteiger partial charge in [-0.3, -0.25) is 0 Å². The summed E-state index contributed by atoms with van der Waals surface area (Å²) >= 11 is 2.06. The van der Waals surface area contributed by atoms with Gasteiger partial charge in [0, 0.05) is 21.7 Å². The van der Waals surface area contributed by atoms with Gasteiger partial charge in [0.1, 0.15) is 0 Å². The van der Waals surface area contributed by atoms with Crippen molar-refractivity contribution in [3.8, 4) is 0 Å². The quantitative estimate of drug-likeness (QED) is 0.834. The summed E-state index contributed by atoms with van der Waals surface area (Å²) < 4.78 is 0. The standard InChI is InChI=1S/C15H21NS/c1-9-12(7-15(17-9)11-4-5-11)13-6-14(13)16-8-10-2-3-10/h7,10-11,13-14,16H,2-6,8H2,1H3. The molecule has 3 fully saturated rings. The van der Waals surface area contributed by atoms with Crippen LogP contribution in [0.4, 0.5) is 0 Å². The Hall–Kier alpha value is -0.340. The molecule has 1 N–H and O–H groups in total. The van der Waals surface area contributed by atoms with Crippen molar-refractivity contribution in [2.45, 2.75) is 56.9 Å². The number of nitrogens with one attached hydrogen (secondary N) is 1. The van der Waals surface area contributed by atoms with E-state index >= 15 is 0 Å². The van der Waals surface area contributed by atoms with Crippen LogP contribution >= 0.6 is 11.3 Å². The number of aryl methyl sites for hydroxylation is 1. The Bertz CT molecular complexity index is 428. The lowest BCUT2D eigenvalue weighted by Crippen LogP contribution is -2.20. The van der Waals surface area contributed by atoms with Crippen molar-refractivity contribution in [1.82, 2.24) is 5.32 Å². The van der Waals surface area contributed by atoms with Crippen molar-refractivity contribution in [1.29, 1.82) is 0 Å². The second kappa shape index (κ2) is 3.83. The van der Waals surface area contributed by atoms with Crippen molar-refractivity contribution < 1.29 is 0 Å². The van der Waals surface area contributed by atoms with Gasteiger partial charge in [-0.2, -0.15) is 0 Å². The zero-order valence-electron chi connectivity index (χ0n) is 10.5. The molecule has 92 valence electrons. The van der Waals surface area contributed by atoms with Gasteiger partial charge in [0.05, 0.1) is 0 Å². The minimum Gasteiger partial charge on any atom is -0.313 e. The number of rotatable bonds is 5. The first kappa shape index (κ1) is 10.6. The van der Waals surface area contributed by atoms with E-state index in [1.165, 1.54) is 38.6 Å². The second-order valence-electron chi connectivity index (χ2n) is 6.23. The summed E-state index contributed by atoms with van der Waals surface area (Å²) in [5, 5.41) is 3.75. The Morgan fingerprint density at radius 1 is 1.29 bits per heavy atom. The van der Waals surface area contributed by atoms with E-state index in [2.05, 4.69) is 29.6 Å². The molecule has 3 aliphatic rings.